The van der Waals surface area contributed by atoms with E-state index in [0.717, 1.165) is 12.0 Å². The quantitative estimate of drug-likeness (QED) is 0.577. The second-order valence-corrected chi connectivity index (χ2v) is 6.40. The third kappa shape index (κ3) is 5.18. The molecule has 0 amide bonds. The van der Waals surface area contributed by atoms with Crippen molar-refractivity contribution < 1.29 is 17.9 Å². The first kappa shape index (κ1) is 15.9. The minimum atomic E-state index is -3.39. The summed E-state index contributed by atoms with van der Waals surface area (Å²) in [5, 5.41) is 0. The molecule has 0 fully saturated rings. The van der Waals surface area contributed by atoms with Crippen LogP contribution >= 0.6 is 0 Å². The predicted molar refractivity (Wildman–Crippen MR) is 75.0 cm³/mol. The molecule has 6 heteroatoms. The number of benzene rings is 1. The summed E-state index contributed by atoms with van der Waals surface area (Å²) < 4.78 is 34.4. The van der Waals surface area contributed by atoms with Crippen LogP contribution < -0.4 is 5.73 Å². The first-order valence-corrected chi connectivity index (χ1v) is 7.78. The first-order chi connectivity index (χ1) is 8.97. The second-order valence-electron chi connectivity index (χ2n) is 4.32. The zero-order valence-electron chi connectivity index (χ0n) is 11.4. The zero-order valence-corrected chi connectivity index (χ0v) is 12.2. The number of hydrogen-bond donors (Lipinski definition) is 1. The van der Waals surface area contributed by atoms with Gasteiger partial charge < -0.3 is 15.2 Å². The van der Waals surface area contributed by atoms with Crippen molar-refractivity contribution in [2.75, 3.05) is 38.4 Å². The Balaban J connectivity index is 2.54. The number of rotatable bonds is 8. The molecule has 0 saturated carbocycles. The Labute approximate surface area is 114 Å². The maximum Gasteiger partial charge on any atom is 0.182 e. The van der Waals surface area contributed by atoms with E-state index in [1.165, 1.54) is 0 Å². The smallest absolute Gasteiger partial charge is 0.182 e. The summed E-state index contributed by atoms with van der Waals surface area (Å²) >= 11 is 0. The molecule has 5 nitrogen and oxygen atoms in total. The van der Waals surface area contributed by atoms with Crippen LogP contribution in [-0.4, -0.2) is 41.1 Å². The molecule has 0 bridgehead atoms. The highest BCUT2D eigenvalue weighted by Gasteiger charge is 2.17. The van der Waals surface area contributed by atoms with E-state index in [2.05, 4.69) is 0 Å². The van der Waals surface area contributed by atoms with E-state index in [1.54, 1.807) is 25.3 Å². The number of aryl methyl sites for hydroxylation is 1. The Morgan fingerprint density at radius 1 is 1.21 bits per heavy atom. The fourth-order valence-corrected chi connectivity index (χ4v) is 2.95. The minimum Gasteiger partial charge on any atom is -0.398 e. The second kappa shape index (κ2) is 7.47. The van der Waals surface area contributed by atoms with Gasteiger partial charge in [-0.15, -0.1) is 0 Å². The summed E-state index contributed by atoms with van der Waals surface area (Å²) in [6, 6.07) is 4.99. The summed E-state index contributed by atoms with van der Waals surface area (Å²) in [5.74, 6) is -0.0619. The topological polar surface area (TPSA) is 78.6 Å². The molecule has 0 spiro atoms. The Hall–Kier alpha value is -1.11. The van der Waals surface area contributed by atoms with Crippen molar-refractivity contribution in [3.8, 4) is 0 Å². The number of nitrogen functional groups attached to an aromatic ring is 1. The number of sulfone groups is 1. The Morgan fingerprint density at radius 2 is 1.95 bits per heavy atom. The first-order valence-electron chi connectivity index (χ1n) is 6.13. The van der Waals surface area contributed by atoms with Crippen LogP contribution in [0.3, 0.4) is 0 Å². The van der Waals surface area contributed by atoms with Gasteiger partial charge in [0.15, 0.2) is 9.84 Å². The van der Waals surface area contributed by atoms with Crippen LogP contribution in [0, 0.1) is 6.92 Å². The van der Waals surface area contributed by atoms with Gasteiger partial charge in [0, 0.05) is 20.3 Å². The molecular weight excluding hydrogens is 266 g/mol. The SMILES string of the molecule is COCCCOCCS(=O)(=O)c1cc(C)ccc1N. The van der Waals surface area contributed by atoms with Gasteiger partial charge in [-0.05, 0) is 31.0 Å². The molecule has 1 aromatic carbocycles. The average molecular weight is 287 g/mol. The number of ether oxygens (including phenoxy) is 2. The number of anilines is 1. The van der Waals surface area contributed by atoms with Crippen molar-refractivity contribution in [2.24, 2.45) is 0 Å². The molecule has 0 aliphatic carbocycles. The van der Waals surface area contributed by atoms with E-state index in [9.17, 15) is 8.42 Å². The van der Waals surface area contributed by atoms with Crippen molar-refractivity contribution >= 4 is 15.5 Å². The van der Waals surface area contributed by atoms with Gasteiger partial charge in [-0.25, -0.2) is 8.42 Å². The van der Waals surface area contributed by atoms with E-state index < -0.39 is 9.84 Å². The maximum atomic E-state index is 12.1. The molecule has 0 atom stereocenters. The Kier molecular flexibility index (Phi) is 6.27. The van der Waals surface area contributed by atoms with Crippen LogP contribution in [0.1, 0.15) is 12.0 Å². The van der Waals surface area contributed by atoms with E-state index in [0.29, 0.717) is 13.2 Å². The highest BCUT2D eigenvalue weighted by atomic mass is 32.2. The average Bonchev–Trinajstić information content (AvgIpc) is 2.36. The fraction of sp³-hybridized carbons (Fsp3) is 0.538. The molecule has 1 aromatic rings. The molecule has 0 unspecified atom stereocenters. The van der Waals surface area contributed by atoms with Crippen LogP contribution in [0.15, 0.2) is 23.1 Å². The summed E-state index contributed by atoms with van der Waals surface area (Å²) in [7, 11) is -1.77. The molecule has 1 rings (SSSR count). The molecule has 108 valence electrons. The van der Waals surface area contributed by atoms with Gasteiger partial charge in [0.2, 0.25) is 0 Å². The lowest BCUT2D eigenvalue weighted by atomic mass is 10.2. The molecule has 0 aromatic heterocycles. The third-order valence-electron chi connectivity index (χ3n) is 2.64. The number of hydrogen-bond acceptors (Lipinski definition) is 5. The Morgan fingerprint density at radius 3 is 2.63 bits per heavy atom. The lowest BCUT2D eigenvalue weighted by molar-refractivity contribution is 0.112. The van der Waals surface area contributed by atoms with E-state index >= 15 is 0 Å². The molecule has 0 aliphatic heterocycles. The summed E-state index contributed by atoms with van der Waals surface area (Å²) in [5.41, 5.74) is 6.86. The lowest BCUT2D eigenvalue weighted by Gasteiger charge is -2.09. The van der Waals surface area contributed by atoms with Crippen molar-refractivity contribution in [1.82, 2.24) is 0 Å². The fourth-order valence-electron chi connectivity index (χ4n) is 1.60. The molecule has 0 radical (unpaired) electrons. The summed E-state index contributed by atoms with van der Waals surface area (Å²) in [4.78, 5) is 0.188. The molecule has 19 heavy (non-hydrogen) atoms. The minimum absolute atomic E-state index is 0.0619. The number of methoxy groups -OCH3 is 1. The zero-order chi connectivity index (χ0) is 14.3. The van der Waals surface area contributed by atoms with Crippen molar-refractivity contribution in [3.05, 3.63) is 23.8 Å². The molecule has 0 saturated heterocycles. The summed E-state index contributed by atoms with van der Waals surface area (Å²) in [6.07, 6.45) is 0.753. The standard InChI is InChI=1S/C13H21NO4S/c1-11-4-5-12(14)13(10-11)19(15,16)9-8-18-7-3-6-17-2/h4-5,10H,3,6-9,14H2,1-2H3. The van der Waals surface area contributed by atoms with Crippen LogP contribution in [0.25, 0.3) is 0 Å². The van der Waals surface area contributed by atoms with E-state index in [1.807, 2.05) is 6.92 Å². The number of nitrogens with two attached hydrogens (primary N) is 1. The largest absolute Gasteiger partial charge is 0.398 e. The monoisotopic (exact) mass is 287 g/mol. The highest BCUT2D eigenvalue weighted by Crippen LogP contribution is 2.20. The Bertz CT molecular complexity index is 499. The molecule has 0 aliphatic rings. The van der Waals surface area contributed by atoms with Crippen LogP contribution in [0.5, 0.6) is 0 Å². The highest BCUT2D eigenvalue weighted by molar-refractivity contribution is 7.91. The molecule has 0 heterocycles. The van der Waals surface area contributed by atoms with Crippen LogP contribution in [-0.2, 0) is 19.3 Å². The van der Waals surface area contributed by atoms with Gasteiger partial charge in [0.1, 0.15) is 0 Å². The van der Waals surface area contributed by atoms with Gasteiger partial charge >= 0.3 is 0 Å². The normalized spacial score (nSPS) is 11.7. The van der Waals surface area contributed by atoms with Gasteiger partial charge in [0.25, 0.3) is 0 Å². The summed E-state index contributed by atoms with van der Waals surface area (Å²) in [6.45, 7) is 3.10. The third-order valence-corrected chi connectivity index (χ3v) is 4.37. The van der Waals surface area contributed by atoms with Gasteiger partial charge in [-0.1, -0.05) is 6.07 Å². The van der Waals surface area contributed by atoms with Crippen LogP contribution in [0.2, 0.25) is 0 Å². The van der Waals surface area contributed by atoms with Gasteiger partial charge in [0.05, 0.1) is 22.9 Å². The van der Waals surface area contributed by atoms with Crippen LogP contribution in [0.4, 0.5) is 5.69 Å². The van der Waals surface area contributed by atoms with Gasteiger partial charge in [-0.3, -0.25) is 0 Å². The van der Waals surface area contributed by atoms with Crippen molar-refractivity contribution in [1.29, 1.82) is 0 Å². The molecular formula is C13H21NO4S. The predicted octanol–water partition coefficient (Wildman–Crippen LogP) is 1.40. The van der Waals surface area contributed by atoms with Crippen molar-refractivity contribution in [3.63, 3.8) is 0 Å². The maximum absolute atomic E-state index is 12.1. The van der Waals surface area contributed by atoms with E-state index in [-0.39, 0.29) is 22.9 Å². The lowest BCUT2D eigenvalue weighted by Crippen LogP contribution is -2.15. The van der Waals surface area contributed by atoms with Gasteiger partial charge in [-0.2, -0.15) is 0 Å². The van der Waals surface area contributed by atoms with Crippen molar-refractivity contribution in [2.45, 2.75) is 18.2 Å². The van der Waals surface area contributed by atoms with E-state index in [4.69, 9.17) is 15.2 Å². The molecule has 2 N–H and O–H groups in total.